The summed E-state index contributed by atoms with van der Waals surface area (Å²) in [6, 6.07) is 8.40. The molecule has 0 radical (unpaired) electrons. The van der Waals surface area contributed by atoms with Gasteiger partial charge in [-0.15, -0.1) is 10.2 Å². The molecule has 0 spiro atoms. The Morgan fingerprint density at radius 1 is 1.32 bits per heavy atom. The molecule has 6 heteroatoms. The standard InChI is InChI=1S/C16H18N4O2/c21-15(18-16-19-17-10-20(16)12-5-6-12)9-11-7-8-22-14-4-2-1-3-13(11)14/h1-4,10-12H,5-9H2,(H,18,19,21). The minimum atomic E-state index is -0.0170. The minimum Gasteiger partial charge on any atom is -0.493 e. The maximum atomic E-state index is 12.4. The van der Waals surface area contributed by atoms with E-state index in [1.165, 1.54) is 0 Å². The summed E-state index contributed by atoms with van der Waals surface area (Å²) in [6.07, 6.45) is 5.26. The first kappa shape index (κ1) is 13.3. The molecule has 1 unspecified atom stereocenters. The third kappa shape index (κ3) is 2.56. The van der Waals surface area contributed by atoms with Gasteiger partial charge >= 0.3 is 0 Å². The lowest BCUT2D eigenvalue weighted by Gasteiger charge is -2.25. The van der Waals surface area contributed by atoms with E-state index in [0.717, 1.165) is 30.6 Å². The summed E-state index contributed by atoms with van der Waals surface area (Å²) in [4.78, 5) is 12.4. The van der Waals surface area contributed by atoms with Gasteiger partial charge in [0.2, 0.25) is 11.9 Å². The van der Waals surface area contributed by atoms with Crippen molar-refractivity contribution in [1.29, 1.82) is 0 Å². The van der Waals surface area contributed by atoms with E-state index in [9.17, 15) is 4.79 Å². The Balaban J connectivity index is 1.45. The number of para-hydroxylation sites is 1. The number of amides is 1. The molecule has 22 heavy (non-hydrogen) atoms. The van der Waals surface area contributed by atoms with Crippen LogP contribution in [0.5, 0.6) is 5.75 Å². The van der Waals surface area contributed by atoms with Crippen LogP contribution < -0.4 is 10.1 Å². The molecule has 0 saturated heterocycles. The zero-order valence-corrected chi connectivity index (χ0v) is 12.2. The van der Waals surface area contributed by atoms with E-state index in [0.29, 0.717) is 25.0 Å². The number of anilines is 1. The molecule has 0 bridgehead atoms. The number of benzene rings is 1. The number of nitrogens with one attached hydrogen (secondary N) is 1. The largest absolute Gasteiger partial charge is 0.493 e. The summed E-state index contributed by atoms with van der Waals surface area (Å²) in [5.41, 5.74) is 1.12. The highest BCUT2D eigenvalue weighted by molar-refractivity contribution is 5.89. The Bertz CT molecular complexity index is 693. The van der Waals surface area contributed by atoms with Gasteiger partial charge < -0.3 is 4.74 Å². The monoisotopic (exact) mass is 298 g/mol. The highest BCUT2D eigenvalue weighted by atomic mass is 16.5. The Labute approximate surface area is 128 Å². The number of hydrogen-bond donors (Lipinski definition) is 1. The molecule has 6 nitrogen and oxygen atoms in total. The van der Waals surface area contributed by atoms with E-state index in [1.54, 1.807) is 6.33 Å². The molecule has 2 aromatic rings. The fourth-order valence-corrected chi connectivity index (χ4v) is 2.98. The highest BCUT2D eigenvalue weighted by Crippen LogP contribution is 2.37. The van der Waals surface area contributed by atoms with Crippen LogP contribution in [0.2, 0.25) is 0 Å². The van der Waals surface area contributed by atoms with Crippen molar-refractivity contribution in [2.75, 3.05) is 11.9 Å². The lowest BCUT2D eigenvalue weighted by molar-refractivity contribution is -0.116. The summed E-state index contributed by atoms with van der Waals surface area (Å²) in [7, 11) is 0. The van der Waals surface area contributed by atoms with Gasteiger partial charge in [0, 0.05) is 12.5 Å². The maximum Gasteiger partial charge on any atom is 0.231 e. The number of nitrogens with zero attached hydrogens (tertiary/aromatic N) is 3. The van der Waals surface area contributed by atoms with E-state index in [1.807, 2.05) is 28.8 Å². The molecule has 1 N–H and O–H groups in total. The third-order valence-corrected chi connectivity index (χ3v) is 4.28. The second-order valence-electron chi connectivity index (χ2n) is 5.92. The van der Waals surface area contributed by atoms with Crippen LogP contribution >= 0.6 is 0 Å². The normalized spacial score (nSPS) is 20.1. The van der Waals surface area contributed by atoms with Crippen LogP contribution in [0.1, 0.15) is 43.2 Å². The second-order valence-corrected chi connectivity index (χ2v) is 5.92. The molecular weight excluding hydrogens is 280 g/mol. The van der Waals surface area contributed by atoms with E-state index in [4.69, 9.17) is 4.74 Å². The van der Waals surface area contributed by atoms with Gasteiger partial charge in [-0.3, -0.25) is 14.7 Å². The summed E-state index contributed by atoms with van der Waals surface area (Å²) < 4.78 is 7.60. The summed E-state index contributed by atoms with van der Waals surface area (Å²) in [5, 5.41) is 10.8. The predicted octanol–water partition coefficient (Wildman–Crippen LogP) is 2.51. The number of hydrogen-bond acceptors (Lipinski definition) is 4. The summed E-state index contributed by atoms with van der Waals surface area (Å²) in [6.45, 7) is 0.660. The Morgan fingerprint density at radius 2 is 2.18 bits per heavy atom. The molecule has 2 heterocycles. The molecule has 1 fully saturated rings. The first-order valence-electron chi connectivity index (χ1n) is 7.72. The van der Waals surface area contributed by atoms with Crippen molar-refractivity contribution in [1.82, 2.24) is 14.8 Å². The molecule has 2 aliphatic rings. The second kappa shape index (κ2) is 5.44. The van der Waals surface area contributed by atoms with E-state index < -0.39 is 0 Å². The molecule has 1 saturated carbocycles. The summed E-state index contributed by atoms with van der Waals surface area (Å²) >= 11 is 0. The highest BCUT2D eigenvalue weighted by Gasteiger charge is 2.28. The van der Waals surface area contributed by atoms with Crippen molar-refractivity contribution in [2.24, 2.45) is 0 Å². The molecule has 1 amide bonds. The number of carbonyl (C=O) groups excluding carboxylic acids is 1. The van der Waals surface area contributed by atoms with Crippen molar-refractivity contribution >= 4 is 11.9 Å². The van der Waals surface area contributed by atoms with Crippen molar-refractivity contribution < 1.29 is 9.53 Å². The lowest BCUT2D eigenvalue weighted by Crippen LogP contribution is -2.22. The topological polar surface area (TPSA) is 69.0 Å². The van der Waals surface area contributed by atoms with Crippen LogP contribution in [0.4, 0.5) is 5.95 Å². The van der Waals surface area contributed by atoms with Crippen LogP contribution in [-0.4, -0.2) is 27.3 Å². The van der Waals surface area contributed by atoms with Crippen molar-refractivity contribution in [2.45, 2.75) is 37.6 Å². The lowest BCUT2D eigenvalue weighted by atomic mass is 9.90. The SMILES string of the molecule is O=C(CC1CCOc2ccccc21)Nc1nncn1C1CC1. The summed E-state index contributed by atoms with van der Waals surface area (Å²) in [5.74, 6) is 1.64. The van der Waals surface area contributed by atoms with E-state index >= 15 is 0 Å². The minimum absolute atomic E-state index is 0.0170. The number of rotatable bonds is 4. The quantitative estimate of drug-likeness (QED) is 0.941. The van der Waals surface area contributed by atoms with Crippen LogP contribution in [-0.2, 0) is 4.79 Å². The average molecular weight is 298 g/mol. The molecule has 1 atom stereocenters. The molecule has 4 rings (SSSR count). The zero-order chi connectivity index (χ0) is 14.9. The van der Waals surface area contributed by atoms with Crippen LogP contribution in [0.15, 0.2) is 30.6 Å². The van der Waals surface area contributed by atoms with Crippen LogP contribution in [0, 0.1) is 0 Å². The molecule has 1 aromatic carbocycles. The van der Waals surface area contributed by atoms with Gasteiger partial charge in [-0.25, -0.2) is 0 Å². The smallest absolute Gasteiger partial charge is 0.231 e. The molecule has 114 valence electrons. The molecular formula is C16H18N4O2. The Kier molecular flexibility index (Phi) is 3.29. The van der Waals surface area contributed by atoms with Gasteiger partial charge in [-0.2, -0.15) is 0 Å². The molecule has 1 aliphatic heterocycles. The molecule has 1 aliphatic carbocycles. The van der Waals surface area contributed by atoms with Gasteiger partial charge in [0.1, 0.15) is 12.1 Å². The van der Waals surface area contributed by atoms with Gasteiger partial charge in [0.15, 0.2) is 0 Å². The number of aromatic nitrogens is 3. The predicted molar refractivity (Wildman–Crippen MR) is 80.8 cm³/mol. The number of carbonyl (C=O) groups is 1. The number of ether oxygens (including phenoxy) is 1. The van der Waals surface area contributed by atoms with Crippen molar-refractivity contribution in [3.63, 3.8) is 0 Å². The maximum absolute atomic E-state index is 12.4. The first-order valence-corrected chi connectivity index (χ1v) is 7.72. The van der Waals surface area contributed by atoms with Gasteiger partial charge in [-0.1, -0.05) is 18.2 Å². The average Bonchev–Trinajstić information content (AvgIpc) is 3.28. The van der Waals surface area contributed by atoms with Crippen LogP contribution in [0.3, 0.4) is 0 Å². The van der Waals surface area contributed by atoms with Crippen LogP contribution in [0.25, 0.3) is 0 Å². The van der Waals surface area contributed by atoms with Gasteiger partial charge in [-0.05, 0) is 36.8 Å². The van der Waals surface area contributed by atoms with Crippen molar-refractivity contribution in [3.05, 3.63) is 36.2 Å². The third-order valence-electron chi connectivity index (χ3n) is 4.28. The van der Waals surface area contributed by atoms with E-state index in [2.05, 4.69) is 15.5 Å². The zero-order valence-electron chi connectivity index (χ0n) is 12.2. The van der Waals surface area contributed by atoms with Gasteiger partial charge in [0.05, 0.1) is 6.61 Å². The van der Waals surface area contributed by atoms with Gasteiger partial charge in [0.25, 0.3) is 0 Å². The van der Waals surface area contributed by atoms with E-state index in [-0.39, 0.29) is 11.8 Å². The fraction of sp³-hybridized carbons (Fsp3) is 0.438. The Morgan fingerprint density at radius 3 is 3.05 bits per heavy atom. The first-order chi connectivity index (χ1) is 10.8. The fourth-order valence-electron chi connectivity index (χ4n) is 2.98. The Hall–Kier alpha value is -2.37. The number of fused-ring (bicyclic) bond motifs is 1. The molecule has 1 aromatic heterocycles. The van der Waals surface area contributed by atoms with Crippen molar-refractivity contribution in [3.8, 4) is 5.75 Å².